The summed E-state index contributed by atoms with van der Waals surface area (Å²) in [4.78, 5) is 42.1. The number of aryl methyl sites for hydroxylation is 1. The van der Waals surface area contributed by atoms with Crippen molar-refractivity contribution >= 4 is 35.1 Å². The number of carbonyl (C=O) groups is 3. The Labute approximate surface area is 203 Å². The van der Waals surface area contributed by atoms with Crippen molar-refractivity contribution in [1.82, 2.24) is 20.4 Å². The molecule has 0 bridgehead atoms. The van der Waals surface area contributed by atoms with Crippen LogP contribution in [0, 0.1) is 6.92 Å². The molecule has 2 atom stereocenters. The Balaban J connectivity index is 1.52. The van der Waals surface area contributed by atoms with Gasteiger partial charge in [0, 0.05) is 30.7 Å². The molecule has 2 unspecified atom stereocenters. The molecule has 0 spiro atoms. The normalized spacial score (nSPS) is 20.2. The molecule has 2 aliphatic rings. The summed E-state index contributed by atoms with van der Waals surface area (Å²) >= 11 is 6.16. The number of anilines is 1. The number of imide groups is 1. The summed E-state index contributed by atoms with van der Waals surface area (Å²) in [6.45, 7) is 3.00. The van der Waals surface area contributed by atoms with E-state index in [2.05, 4.69) is 16.0 Å². The summed E-state index contributed by atoms with van der Waals surface area (Å²) in [5, 5.41) is 9.73. The predicted octanol–water partition coefficient (Wildman–Crippen LogP) is 1.99. The number of piperazine rings is 1. The van der Waals surface area contributed by atoms with Crippen LogP contribution in [0.2, 0.25) is 5.02 Å². The fraction of sp³-hybridized carbons (Fsp3) is 0.375. The third kappa shape index (κ3) is 5.01. The molecule has 9 nitrogen and oxygen atoms in total. The van der Waals surface area contributed by atoms with Crippen molar-refractivity contribution in [1.29, 1.82) is 0 Å². The van der Waals surface area contributed by atoms with Crippen LogP contribution in [0.25, 0.3) is 0 Å². The van der Waals surface area contributed by atoms with Crippen molar-refractivity contribution in [3.63, 3.8) is 0 Å². The van der Waals surface area contributed by atoms with Crippen molar-refractivity contribution in [2.24, 2.45) is 0 Å². The van der Waals surface area contributed by atoms with Gasteiger partial charge in [-0.1, -0.05) is 41.9 Å². The standard InChI is InChI=1S/C24H28ClN5O4/c1-15-12-18(19(34-2)13-17(15)25)28-20(31)14-30-22-21(26-9-10-27-22)23(32)29(24(30)33)11-8-16-6-4-3-5-7-16/h3-7,12-13,21-22,26-27H,8-11,14H2,1-2H3,(H,28,31). The average molecular weight is 486 g/mol. The number of benzene rings is 2. The molecule has 0 saturated carbocycles. The highest BCUT2D eigenvalue weighted by molar-refractivity contribution is 6.31. The highest BCUT2D eigenvalue weighted by atomic mass is 35.5. The van der Waals surface area contributed by atoms with Crippen molar-refractivity contribution in [3.05, 3.63) is 58.6 Å². The fourth-order valence-electron chi connectivity index (χ4n) is 4.26. The van der Waals surface area contributed by atoms with E-state index in [-0.39, 0.29) is 19.0 Å². The molecule has 0 aromatic heterocycles. The van der Waals surface area contributed by atoms with Gasteiger partial charge in [-0.3, -0.25) is 24.7 Å². The van der Waals surface area contributed by atoms with Crippen LogP contribution in [-0.2, 0) is 16.0 Å². The molecule has 180 valence electrons. The Morgan fingerprint density at radius 1 is 1.18 bits per heavy atom. The Bertz CT molecular complexity index is 1080. The molecule has 2 aliphatic heterocycles. The largest absolute Gasteiger partial charge is 0.495 e. The molecule has 0 aliphatic carbocycles. The molecule has 2 heterocycles. The number of ether oxygens (including phenoxy) is 1. The molecular formula is C24H28ClN5O4. The van der Waals surface area contributed by atoms with E-state index < -0.39 is 24.1 Å². The summed E-state index contributed by atoms with van der Waals surface area (Å²) in [6, 6.07) is 11.9. The minimum Gasteiger partial charge on any atom is -0.495 e. The number of halogens is 1. The van der Waals surface area contributed by atoms with E-state index in [0.717, 1.165) is 11.1 Å². The van der Waals surface area contributed by atoms with Crippen LogP contribution >= 0.6 is 11.6 Å². The van der Waals surface area contributed by atoms with Crippen molar-refractivity contribution in [3.8, 4) is 5.75 Å². The van der Waals surface area contributed by atoms with Gasteiger partial charge < -0.3 is 15.4 Å². The van der Waals surface area contributed by atoms with Gasteiger partial charge in [0.05, 0.1) is 12.8 Å². The number of fused-ring (bicyclic) bond motifs is 1. The summed E-state index contributed by atoms with van der Waals surface area (Å²) < 4.78 is 5.33. The Hall–Kier alpha value is -3.14. The zero-order chi connectivity index (χ0) is 24.2. The van der Waals surface area contributed by atoms with Crippen LogP contribution in [0.5, 0.6) is 5.75 Å². The lowest BCUT2D eigenvalue weighted by molar-refractivity contribution is -0.138. The van der Waals surface area contributed by atoms with Crippen LogP contribution in [0.15, 0.2) is 42.5 Å². The molecule has 0 radical (unpaired) electrons. The van der Waals surface area contributed by atoms with Gasteiger partial charge in [0.2, 0.25) is 5.91 Å². The van der Waals surface area contributed by atoms with E-state index in [1.165, 1.54) is 16.9 Å². The number of nitrogens with zero attached hydrogens (tertiary/aromatic N) is 2. The Morgan fingerprint density at radius 3 is 2.65 bits per heavy atom. The lowest BCUT2D eigenvalue weighted by Gasteiger charge is -2.47. The summed E-state index contributed by atoms with van der Waals surface area (Å²) in [5.74, 6) is -0.273. The molecular weight excluding hydrogens is 458 g/mol. The Morgan fingerprint density at radius 2 is 1.91 bits per heavy atom. The van der Waals surface area contributed by atoms with Gasteiger partial charge in [0.15, 0.2) is 0 Å². The van der Waals surface area contributed by atoms with Crippen molar-refractivity contribution < 1.29 is 19.1 Å². The molecule has 34 heavy (non-hydrogen) atoms. The molecule has 10 heteroatoms. The van der Waals surface area contributed by atoms with Gasteiger partial charge in [-0.25, -0.2) is 4.79 Å². The predicted molar refractivity (Wildman–Crippen MR) is 129 cm³/mol. The van der Waals surface area contributed by atoms with Crippen LogP contribution < -0.4 is 20.7 Å². The maximum atomic E-state index is 13.4. The van der Waals surface area contributed by atoms with E-state index in [0.29, 0.717) is 36.0 Å². The maximum absolute atomic E-state index is 13.4. The minimum atomic E-state index is -0.623. The zero-order valence-electron chi connectivity index (χ0n) is 19.1. The SMILES string of the molecule is COc1cc(Cl)c(C)cc1NC(=O)CN1C(=O)N(CCc2ccccc2)C(=O)C2NCCNC21. The van der Waals surface area contributed by atoms with Gasteiger partial charge in [-0.2, -0.15) is 0 Å². The third-order valence-corrected chi connectivity index (χ3v) is 6.45. The number of hydrogen-bond donors (Lipinski definition) is 3. The van der Waals surface area contributed by atoms with E-state index in [1.54, 1.807) is 12.1 Å². The lowest BCUT2D eigenvalue weighted by Crippen LogP contribution is -2.75. The smallest absolute Gasteiger partial charge is 0.328 e. The second-order valence-electron chi connectivity index (χ2n) is 8.32. The molecule has 2 saturated heterocycles. The lowest BCUT2D eigenvalue weighted by atomic mass is 10.1. The van der Waals surface area contributed by atoms with Gasteiger partial charge in [-0.15, -0.1) is 0 Å². The molecule has 2 aromatic carbocycles. The zero-order valence-corrected chi connectivity index (χ0v) is 19.9. The highest BCUT2D eigenvalue weighted by Gasteiger charge is 2.47. The molecule has 2 aromatic rings. The first-order valence-electron chi connectivity index (χ1n) is 11.2. The second-order valence-corrected chi connectivity index (χ2v) is 8.72. The molecule has 4 rings (SSSR count). The summed E-state index contributed by atoms with van der Waals surface area (Å²) in [7, 11) is 1.49. The van der Waals surface area contributed by atoms with Crippen LogP contribution in [-0.4, -0.2) is 73.1 Å². The number of hydrogen-bond acceptors (Lipinski definition) is 6. The number of nitrogens with one attached hydrogen (secondary N) is 3. The summed E-state index contributed by atoms with van der Waals surface area (Å²) in [6.07, 6.45) is -0.0777. The van der Waals surface area contributed by atoms with Gasteiger partial charge in [-0.05, 0) is 30.5 Å². The molecule has 4 amide bonds. The van der Waals surface area contributed by atoms with Crippen molar-refractivity contribution in [2.45, 2.75) is 25.6 Å². The van der Waals surface area contributed by atoms with E-state index >= 15 is 0 Å². The number of urea groups is 1. The molecule has 3 N–H and O–H groups in total. The van der Waals surface area contributed by atoms with Gasteiger partial charge >= 0.3 is 6.03 Å². The number of methoxy groups -OCH3 is 1. The van der Waals surface area contributed by atoms with Crippen LogP contribution in [0.3, 0.4) is 0 Å². The van der Waals surface area contributed by atoms with Crippen LogP contribution in [0.1, 0.15) is 11.1 Å². The van der Waals surface area contributed by atoms with Gasteiger partial charge in [0.1, 0.15) is 24.5 Å². The maximum Gasteiger partial charge on any atom is 0.328 e. The second kappa shape index (κ2) is 10.4. The number of amides is 4. The average Bonchev–Trinajstić information content (AvgIpc) is 2.84. The third-order valence-electron chi connectivity index (χ3n) is 6.04. The van der Waals surface area contributed by atoms with Crippen LogP contribution in [0.4, 0.5) is 10.5 Å². The van der Waals surface area contributed by atoms with E-state index in [1.807, 2.05) is 37.3 Å². The Kier molecular flexibility index (Phi) is 7.35. The topological polar surface area (TPSA) is 103 Å². The number of carbonyl (C=O) groups excluding carboxylic acids is 3. The fourth-order valence-corrected chi connectivity index (χ4v) is 4.41. The van der Waals surface area contributed by atoms with Gasteiger partial charge in [0.25, 0.3) is 5.91 Å². The first kappa shape index (κ1) is 24.0. The minimum absolute atomic E-state index is 0.228. The quantitative estimate of drug-likeness (QED) is 0.554. The molecule has 2 fully saturated rings. The first-order chi connectivity index (χ1) is 16.4. The highest BCUT2D eigenvalue weighted by Crippen LogP contribution is 2.31. The summed E-state index contributed by atoms with van der Waals surface area (Å²) in [5.41, 5.74) is 2.26. The number of rotatable bonds is 7. The van der Waals surface area contributed by atoms with E-state index in [4.69, 9.17) is 16.3 Å². The first-order valence-corrected chi connectivity index (χ1v) is 11.5. The monoisotopic (exact) mass is 485 g/mol. The van der Waals surface area contributed by atoms with Crippen molar-refractivity contribution in [2.75, 3.05) is 38.6 Å². The van der Waals surface area contributed by atoms with E-state index in [9.17, 15) is 14.4 Å².